The van der Waals surface area contributed by atoms with Crippen molar-refractivity contribution in [2.75, 3.05) is 26.7 Å². The zero-order chi connectivity index (χ0) is 18.3. The van der Waals surface area contributed by atoms with E-state index < -0.39 is 5.60 Å². The molecule has 26 heavy (non-hydrogen) atoms. The molecule has 0 radical (unpaired) electrons. The number of hydrogen-bond donors (Lipinski definition) is 2. The fraction of sp³-hybridized carbons (Fsp3) is 0.667. The van der Waals surface area contributed by atoms with Crippen LogP contribution in [0.4, 0.5) is 4.79 Å². The number of nitrogens with zero attached hydrogens (tertiary/aromatic N) is 2. The Kier molecular flexibility index (Phi) is 9.24. The van der Waals surface area contributed by atoms with Gasteiger partial charge in [-0.05, 0) is 45.7 Å². The molecule has 2 N–H and O–H groups in total. The second-order valence-electron chi connectivity index (χ2n) is 7.16. The summed E-state index contributed by atoms with van der Waals surface area (Å²) in [6.07, 6.45) is 4.33. The van der Waals surface area contributed by atoms with E-state index in [4.69, 9.17) is 9.15 Å². The predicted octanol–water partition coefficient (Wildman–Crippen LogP) is 3.00. The van der Waals surface area contributed by atoms with Crippen LogP contribution < -0.4 is 10.6 Å². The highest BCUT2D eigenvalue weighted by atomic mass is 127. The van der Waals surface area contributed by atoms with Crippen LogP contribution in [0.1, 0.15) is 39.4 Å². The summed E-state index contributed by atoms with van der Waals surface area (Å²) in [5.74, 6) is 1.65. The molecule has 2 rings (SSSR count). The minimum Gasteiger partial charge on any atom is -0.469 e. The van der Waals surface area contributed by atoms with Gasteiger partial charge in [0.25, 0.3) is 0 Å². The van der Waals surface area contributed by atoms with Gasteiger partial charge in [-0.1, -0.05) is 0 Å². The lowest BCUT2D eigenvalue weighted by Gasteiger charge is -2.27. The van der Waals surface area contributed by atoms with Crippen LogP contribution in [0.3, 0.4) is 0 Å². The second kappa shape index (κ2) is 10.6. The van der Waals surface area contributed by atoms with Crippen molar-refractivity contribution in [2.45, 2.75) is 51.7 Å². The smallest absolute Gasteiger partial charge is 0.410 e. The molecule has 8 heteroatoms. The lowest BCUT2D eigenvalue weighted by Crippen LogP contribution is -2.45. The molecule has 0 saturated heterocycles. The zero-order valence-electron chi connectivity index (χ0n) is 16.1. The van der Waals surface area contributed by atoms with Crippen LogP contribution in [0.25, 0.3) is 0 Å². The first-order chi connectivity index (χ1) is 11.9. The Bertz CT molecular complexity index is 565. The lowest BCUT2D eigenvalue weighted by molar-refractivity contribution is 0.0238. The molecule has 148 valence electrons. The van der Waals surface area contributed by atoms with Gasteiger partial charge in [0, 0.05) is 39.1 Å². The van der Waals surface area contributed by atoms with Crippen molar-refractivity contribution in [3.8, 4) is 0 Å². The fourth-order valence-electron chi connectivity index (χ4n) is 2.40. The van der Waals surface area contributed by atoms with Gasteiger partial charge in [-0.3, -0.25) is 4.99 Å². The summed E-state index contributed by atoms with van der Waals surface area (Å²) >= 11 is 0. The quantitative estimate of drug-likeness (QED) is 0.358. The molecule has 1 saturated carbocycles. The van der Waals surface area contributed by atoms with E-state index in [1.165, 1.54) is 0 Å². The average molecular weight is 478 g/mol. The summed E-state index contributed by atoms with van der Waals surface area (Å²) in [7, 11) is 1.73. The number of hydrogen-bond acceptors (Lipinski definition) is 4. The lowest BCUT2D eigenvalue weighted by atomic mass is 10.2. The SMILES string of the molecule is CN=C(NCCc1ccco1)NCCN(C(=O)OC(C)(C)C)C1CC1.I. The summed E-state index contributed by atoms with van der Waals surface area (Å²) in [6, 6.07) is 4.14. The van der Waals surface area contributed by atoms with Crippen LogP contribution >= 0.6 is 24.0 Å². The first-order valence-electron chi connectivity index (χ1n) is 8.85. The number of furan rings is 1. The van der Waals surface area contributed by atoms with E-state index in [2.05, 4.69) is 15.6 Å². The van der Waals surface area contributed by atoms with Crippen LogP contribution in [0.5, 0.6) is 0 Å². The van der Waals surface area contributed by atoms with E-state index >= 15 is 0 Å². The van der Waals surface area contributed by atoms with Crippen LogP contribution in [0.15, 0.2) is 27.8 Å². The van der Waals surface area contributed by atoms with Crippen molar-refractivity contribution in [3.05, 3.63) is 24.2 Å². The van der Waals surface area contributed by atoms with Crippen LogP contribution in [0, 0.1) is 0 Å². The van der Waals surface area contributed by atoms with Gasteiger partial charge in [0.1, 0.15) is 11.4 Å². The maximum atomic E-state index is 12.3. The topological polar surface area (TPSA) is 79.1 Å². The Morgan fingerprint density at radius 3 is 2.58 bits per heavy atom. The maximum absolute atomic E-state index is 12.3. The first-order valence-corrected chi connectivity index (χ1v) is 8.85. The van der Waals surface area contributed by atoms with Crippen molar-refractivity contribution in [1.82, 2.24) is 15.5 Å². The van der Waals surface area contributed by atoms with Gasteiger partial charge in [-0.25, -0.2) is 4.79 Å². The van der Waals surface area contributed by atoms with Gasteiger partial charge in [-0.2, -0.15) is 0 Å². The van der Waals surface area contributed by atoms with Gasteiger partial charge in [0.2, 0.25) is 0 Å². The van der Waals surface area contributed by atoms with E-state index in [1.54, 1.807) is 13.3 Å². The number of halogens is 1. The van der Waals surface area contributed by atoms with Crippen LogP contribution in [-0.4, -0.2) is 55.3 Å². The molecule has 7 nitrogen and oxygen atoms in total. The largest absolute Gasteiger partial charge is 0.469 e. The molecular formula is C18H31IN4O3. The molecule has 0 atom stereocenters. The predicted molar refractivity (Wildman–Crippen MR) is 113 cm³/mol. The van der Waals surface area contributed by atoms with Gasteiger partial charge >= 0.3 is 6.09 Å². The number of rotatable bonds is 7. The highest BCUT2D eigenvalue weighted by Crippen LogP contribution is 2.27. The summed E-state index contributed by atoms with van der Waals surface area (Å²) < 4.78 is 10.8. The Hall–Kier alpha value is -1.45. The molecular weight excluding hydrogens is 447 g/mol. The van der Waals surface area contributed by atoms with E-state index in [-0.39, 0.29) is 30.1 Å². The standard InChI is InChI=1S/C18H30N4O3.HI/c1-18(2,3)25-17(23)22(14-7-8-14)12-11-21-16(19-4)20-10-9-15-6-5-13-24-15;/h5-6,13-14H,7-12H2,1-4H3,(H2,19,20,21);1H. The fourth-order valence-corrected chi connectivity index (χ4v) is 2.40. The monoisotopic (exact) mass is 478 g/mol. The minimum atomic E-state index is -0.471. The van der Waals surface area contributed by atoms with Crippen LogP contribution in [0.2, 0.25) is 0 Å². The summed E-state index contributed by atoms with van der Waals surface area (Å²) in [5, 5.41) is 6.48. The number of guanidine groups is 1. The van der Waals surface area contributed by atoms with Crippen molar-refractivity contribution in [2.24, 2.45) is 4.99 Å². The molecule has 1 aromatic heterocycles. The molecule has 1 aliphatic rings. The summed E-state index contributed by atoms with van der Waals surface area (Å²) in [4.78, 5) is 18.3. The van der Waals surface area contributed by atoms with Gasteiger partial charge in [0.15, 0.2) is 5.96 Å². The normalized spacial score (nSPS) is 14.4. The Labute approximate surface area is 173 Å². The van der Waals surface area contributed by atoms with Crippen LogP contribution in [-0.2, 0) is 11.2 Å². The maximum Gasteiger partial charge on any atom is 0.410 e. The Balaban J connectivity index is 0.00000338. The van der Waals surface area contributed by atoms with Crippen molar-refractivity contribution >= 4 is 36.0 Å². The second-order valence-corrected chi connectivity index (χ2v) is 7.16. The van der Waals surface area contributed by atoms with Crippen molar-refractivity contribution in [3.63, 3.8) is 0 Å². The molecule has 1 amide bonds. The molecule has 1 aliphatic carbocycles. The van der Waals surface area contributed by atoms with E-state index in [0.29, 0.717) is 25.1 Å². The number of carbonyl (C=O) groups is 1. The number of amides is 1. The molecule has 0 bridgehead atoms. The first kappa shape index (κ1) is 22.6. The van der Waals surface area contributed by atoms with Crippen molar-refractivity contribution < 1.29 is 13.9 Å². The number of aliphatic imine (C=N–C) groups is 1. The molecule has 0 unspecified atom stereocenters. The van der Waals surface area contributed by atoms with E-state index in [1.807, 2.05) is 37.8 Å². The van der Waals surface area contributed by atoms with E-state index in [9.17, 15) is 4.79 Å². The number of ether oxygens (including phenoxy) is 1. The third-order valence-corrected chi connectivity index (χ3v) is 3.73. The Morgan fingerprint density at radius 1 is 1.35 bits per heavy atom. The molecule has 1 aromatic rings. The molecule has 1 fully saturated rings. The zero-order valence-corrected chi connectivity index (χ0v) is 18.4. The molecule has 0 aromatic carbocycles. The summed E-state index contributed by atoms with van der Waals surface area (Å²) in [5.41, 5.74) is -0.471. The summed E-state index contributed by atoms with van der Waals surface area (Å²) in [6.45, 7) is 7.61. The van der Waals surface area contributed by atoms with E-state index in [0.717, 1.165) is 31.6 Å². The van der Waals surface area contributed by atoms with Gasteiger partial charge in [0.05, 0.1) is 6.26 Å². The van der Waals surface area contributed by atoms with Gasteiger partial charge in [-0.15, -0.1) is 24.0 Å². The molecule has 1 heterocycles. The highest BCUT2D eigenvalue weighted by molar-refractivity contribution is 14.0. The third kappa shape index (κ3) is 8.29. The van der Waals surface area contributed by atoms with Gasteiger partial charge < -0.3 is 24.7 Å². The minimum absolute atomic E-state index is 0. The number of nitrogens with one attached hydrogen (secondary N) is 2. The van der Waals surface area contributed by atoms with Crippen molar-refractivity contribution in [1.29, 1.82) is 0 Å². The molecule has 0 spiro atoms. The average Bonchev–Trinajstić information content (AvgIpc) is 3.23. The molecule has 0 aliphatic heterocycles. The third-order valence-electron chi connectivity index (χ3n) is 3.73. The number of carbonyl (C=O) groups excluding carboxylic acids is 1. The Morgan fingerprint density at radius 2 is 2.04 bits per heavy atom. The highest BCUT2D eigenvalue weighted by Gasteiger charge is 2.34.